The van der Waals surface area contributed by atoms with Crippen LogP contribution in [0.5, 0.6) is 5.75 Å². The molecule has 1 saturated heterocycles. The van der Waals surface area contributed by atoms with Crippen molar-refractivity contribution in [2.75, 3.05) is 19.5 Å². The van der Waals surface area contributed by atoms with Crippen molar-refractivity contribution >= 4 is 46.1 Å². The highest BCUT2D eigenvalue weighted by Crippen LogP contribution is 2.33. The molecule has 9 heteroatoms. The first-order valence-corrected chi connectivity index (χ1v) is 12.1. The molecule has 8 nitrogen and oxygen atoms in total. The molecule has 0 spiro atoms. The summed E-state index contributed by atoms with van der Waals surface area (Å²) in [5.74, 6) is -0.213. The van der Waals surface area contributed by atoms with Crippen molar-refractivity contribution in [1.29, 1.82) is 0 Å². The second-order valence-electron chi connectivity index (χ2n) is 7.93. The quantitative estimate of drug-likeness (QED) is 0.450. The van der Waals surface area contributed by atoms with Crippen LogP contribution >= 0.6 is 11.8 Å². The lowest BCUT2D eigenvalue weighted by molar-refractivity contribution is -0.128. The number of anilines is 1. The van der Waals surface area contributed by atoms with Gasteiger partial charge in [-0.3, -0.25) is 14.5 Å². The van der Waals surface area contributed by atoms with Crippen molar-refractivity contribution in [3.05, 3.63) is 90.0 Å². The standard InChI is InChI=1S/C27H25N3O5S/c1-34-22-14-8-18(9-15-22)17-30-25(32)23(36-27(30)29-20-6-4-3-5-7-20)16-24(31)28-21-12-10-19(11-13-21)26(33)35-2/h3-15,23H,16-17H2,1-2H3,(H,28,31)/t23-/m1/s1. The highest BCUT2D eigenvalue weighted by atomic mass is 32.2. The Labute approximate surface area is 213 Å². The van der Waals surface area contributed by atoms with Gasteiger partial charge in [-0.2, -0.15) is 0 Å². The molecule has 0 unspecified atom stereocenters. The van der Waals surface area contributed by atoms with Gasteiger partial charge >= 0.3 is 5.97 Å². The van der Waals surface area contributed by atoms with Gasteiger partial charge in [0.15, 0.2) is 5.17 Å². The Hall–Kier alpha value is -4.11. The first-order valence-electron chi connectivity index (χ1n) is 11.2. The summed E-state index contributed by atoms with van der Waals surface area (Å²) in [6, 6.07) is 23.2. The van der Waals surface area contributed by atoms with E-state index in [0.717, 1.165) is 17.0 Å². The number of amides is 2. The predicted octanol–water partition coefficient (Wildman–Crippen LogP) is 4.64. The first kappa shape index (κ1) is 25.0. The molecule has 0 aliphatic carbocycles. The average Bonchev–Trinajstić information content (AvgIpc) is 3.18. The van der Waals surface area contributed by atoms with Crippen LogP contribution < -0.4 is 10.1 Å². The molecule has 1 aliphatic heterocycles. The molecule has 1 heterocycles. The van der Waals surface area contributed by atoms with Gasteiger partial charge in [0.1, 0.15) is 11.0 Å². The number of amidine groups is 1. The maximum absolute atomic E-state index is 13.3. The van der Waals surface area contributed by atoms with E-state index >= 15 is 0 Å². The van der Waals surface area contributed by atoms with Crippen LogP contribution in [0.15, 0.2) is 83.9 Å². The summed E-state index contributed by atoms with van der Waals surface area (Å²) in [4.78, 5) is 44.0. The zero-order valence-corrected chi connectivity index (χ0v) is 20.7. The lowest BCUT2D eigenvalue weighted by Crippen LogP contribution is -2.33. The second-order valence-corrected chi connectivity index (χ2v) is 9.10. The summed E-state index contributed by atoms with van der Waals surface area (Å²) in [6.07, 6.45) is -0.0187. The van der Waals surface area contributed by atoms with Crippen LogP contribution in [0.1, 0.15) is 22.3 Å². The van der Waals surface area contributed by atoms with Crippen LogP contribution in [0.3, 0.4) is 0 Å². The maximum atomic E-state index is 13.3. The van der Waals surface area contributed by atoms with Gasteiger partial charge in [-0.25, -0.2) is 9.79 Å². The van der Waals surface area contributed by atoms with Crippen molar-refractivity contribution in [3.8, 4) is 5.75 Å². The number of nitrogens with zero attached hydrogens (tertiary/aromatic N) is 2. The van der Waals surface area contributed by atoms with E-state index in [0.29, 0.717) is 23.0 Å². The smallest absolute Gasteiger partial charge is 0.337 e. The molecule has 4 rings (SSSR count). The van der Waals surface area contributed by atoms with E-state index in [-0.39, 0.29) is 18.2 Å². The van der Waals surface area contributed by atoms with Crippen LogP contribution in [0.2, 0.25) is 0 Å². The fourth-order valence-corrected chi connectivity index (χ4v) is 4.74. The topological polar surface area (TPSA) is 97.3 Å². The lowest BCUT2D eigenvalue weighted by Gasteiger charge is -2.17. The fraction of sp³-hybridized carbons (Fsp3) is 0.185. The summed E-state index contributed by atoms with van der Waals surface area (Å²) in [5.41, 5.74) is 2.55. The number of aliphatic imine (C=N–C) groups is 1. The number of carbonyl (C=O) groups is 3. The summed E-state index contributed by atoms with van der Waals surface area (Å²) in [7, 11) is 2.91. The largest absolute Gasteiger partial charge is 0.497 e. The molecule has 3 aromatic rings. The zero-order valence-electron chi connectivity index (χ0n) is 19.8. The maximum Gasteiger partial charge on any atom is 0.337 e. The molecule has 1 aliphatic rings. The molecule has 0 aromatic heterocycles. The molecule has 3 aromatic carbocycles. The van der Waals surface area contributed by atoms with Crippen LogP contribution in [0.4, 0.5) is 11.4 Å². The van der Waals surface area contributed by atoms with E-state index in [1.54, 1.807) is 36.3 Å². The third-order valence-electron chi connectivity index (χ3n) is 5.46. The van der Waals surface area contributed by atoms with Gasteiger partial charge in [-0.15, -0.1) is 0 Å². The molecule has 0 saturated carbocycles. The van der Waals surface area contributed by atoms with Crippen molar-refractivity contribution < 1.29 is 23.9 Å². The molecule has 2 amide bonds. The molecule has 36 heavy (non-hydrogen) atoms. The van der Waals surface area contributed by atoms with Gasteiger partial charge in [0, 0.05) is 12.1 Å². The summed E-state index contributed by atoms with van der Waals surface area (Å²) in [6.45, 7) is 0.328. The van der Waals surface area contributed by atoms with Crippen LogP contribution in [-0.2, 0) is 20.9 Å². The minimum Gasteiger partial charge on any atom is -0.497 e. The third-order valence-corrected chi connectivity index (χ3v) is 6.64. The molecular weight excluding hydrogens is 478 g/mol. The van der Waals surface area contributed by atoms with Gasteiger partial charge in [-0.1, -0.05) is 42.1 Å². The van der Waals surface area contributed by atoms with Crippen molar-refractivity contribution in [2.24, 2.45) is 4.99 Å². The Morgan fingerprint density at radius 1 is 0.972 bits per heavy atom. The number of hydrogen-bond acceptors (Lipinski definition) is 7. The number of para-hydroxylation sites is 1. The molecule has 1 atom stereocenters. The molecule has 0 radical (unpaired) electrons. The Balaban J connectivity index is 1.48. The normalized spacial score (nSPS) is 16.2. The average molecular weight is 504 g/mol. The monoisotopic (exact) mass is 503 g/mol. The number of carbonyl (C=O) groups excluding carboxylic acids is 3. The van der Waals surface area contributed by atoms with E-state index in [1.807, 2.05) is 54.6 Å². The van der Waals surface area contributed by atoms with Crippen molar-refractivity contribution in [3.63, 3.8) is 0 Å². The minimum atomic E-state index is -0.611. The number of rotatable bonds is 8. The Morgan fingerprint density at radius 2 is 1.67 bits per heavy atom. The highest BCUT2D eigenvalue weighted by Gasteiger charge is 2.39. The second kappa shape index (κ2) is 11.5. The number of benzene rings is 3. The van der Waals surface area contributed by atoms with Gasteiger partial charge in [0.25, 0.3) is 0 Å². The zero-order chi connectivity index (χ0) is 25.5. The Morgan fingerprint density at radius 3 is 2.31 bits per heavy atom. The van der Waals surface area contributed by atoms with Gasteiger partial charge in [0.05, 0.1) is 32.0 Å². The third kappa shape index (κ3) is 6.11. The molecule has 1 fully saturated rings. The van der Waals surface area contributed by atoms with Gasteiger partial charge < -0.3 is 14.8 Å². The summed E-state index contributed by atoms with van der Waals surface area (Å²) >= 11 is 1.28. The molecule has 184 valence electrons. The van der Waals surface area contributed by atoms with E-state index in [4.69, 9.17) is 4.74 Å². The first-order chi connectivity index (χ1) is 17.5. The number of hydrogen-bond donors (Lipinski definition) is 1. The number of nitrogens with one attached hydrogen (secondary N) is 1. The van der Waals surface area contributed by atoms with E-state index in [1.165, 1.54) is 18.9 Å². The van der Waals surface area contributed by atoms with E-state index in [2.05, 4.69) is 15.0 Å². The van der Waals surface area contributed by atoms with Crippen LogP contribution in [0, 0.1) is 0 Å². The van der Waals surface area contributed by atoms with Crippen LogP contribution in [0.25, 0.3) is 0 Å². The van der Waals surface area contributed by atoms with Gasteiger partial charge in [0.2, 0.25) is 11.8 Å². The highest BCUT2D eigenvalue weighted by molar-refractivity contribution is 8.15. The van der Waals surface area contributed by atoms with Gasteiger partial charge in [-0.05, 0) is 54.1 Å². The number of thioether (sulfide) groups is 1. The summed E-state index contributed by atoms with van der Waals surface area (Å²) < 4.78 is 9.90. The molecule has 0 bridgehead atoms. The van der Waals surface area contributed by atoms with Crippen molar-refractivity contribution in [2.45, 2.75) is 18.2 Å². The lowest BCUT2D eigenvalue weighted by atomic mass is 10.2. The Bertz CT molecular complexity index is 1260. The molecule has 1 N–H and O–H groups in total. The SMILES string of the molecule is COC(=O)c1ccc(NC(=O)C[C@H]2SC(=Nc3ccccc3)N(Cc3ccc(OC)cc3)C2=O)cc1. The minimum absolute atomic E-state index is 0.0187. The van der Waals surface area contributed by atoms with Crippen LogP contribution in [-0.4, -0.2) is 47.3 Å². The number of esters is 1. The Kier molecular flexibility index (Phi) is 8.02. The fourth-order valence-electron chi connectivity index (χ4n) is 3.58. The predicted molar refractivity (Wildman–Crippen MR) is 139 cm³/mol. The van der Waals surface area contributed by atoms with Crippen molar-refractivity contribution in [1.82, 2.24) is 4.90 Å². The summed E-state index contributed by atoms with van der Waals surface area (Å²) in [5, 5.41) is 2.72. The van der Waals surface area contributed by atoms with E-state index < -0.39 is 11.2 Å². The van der Waals surface area contributed by atoms with E-state index in [9.17, 15) is 14.4 Å². The number of methoxy groups -OCH3 is 2. The molecular formula is C27H25N3O5S. The number of ether oxygens (including phenoxy) is 2.